The highest BCUT2D eigenvalue weighted by molar-refractivity contribution is 7.89. The van der Waals surface area contributed by atoms with E-state index in [9.17, 15) is 8.42 Å². The van der Waals surface area contributed by atoms with Gasteiger partial charge in [0, 0.05) is 44.1 Å². The highest BCUT2D eigenvalue weighted by Crippen LogP contribution is 2.23. The van der Waals surface area contributed by atoms with Crippen LogP contribution in [0.25, 0.3) is 0 Å². The summed E-state index contributed by atoms with van der Waals surface area (Å²) in [6, 6.07) is 10.2. The Bertz CT molecular complexity index is 791. The molecule has 0 spiro atoms. The van der Waals surface area contributed by atoms with E-state index < -0.39 is 10.0 Å². The number of para-hydroxylation sites is 1. The summed E-state index contributed by atoms with van der Waals surface area (Å²) in [6.45, 7) is 8.10. The molecule has 0 bridgehead atoms. The van der Waals surface area contributed by atoms with Crippen molar-refractivity contribution in [3.8, 4) is 0 Å². The first kappa shape index (κ1) is 17.0. The van der Waals surface area contributed by atoms with E-state index in [1.165, 1.54) is 0 Å². The largest absolute Gasteiger partial charge is 0.369 e. The van der Waals surface area contributed by atoms with Gasteiger partial charge in [-0.2, -0.15) is 9.40 Å². The number of rotatable bonds is 4. The predicted molar refractivity (Wildman–Crippen MR) is 94.8 cm³/mol. The summed E-state index contributed by atoms with van der Waals surface area (Å²) in [5, 5.41) is 4.33. The quantitative estimate of drug-likeness (QED) is 0.851. The number of nitrogens with zero attached hydrogens (tertiary/aromatic N) is 4. The Hall–Kier alpha value is -1.86. The van der Waals surface area contributed by atoms with Crippen molar-refractivity contribution >= 4 is 15.7 Å². The van der Waals surface area contributed by atoms with Crippen LogP contribution in [0.3, 0.4) is 0 Å². The molecule has 2 heterocycles. The molecule has 1 saturated heterocycles. The van der Waals surface area contributed by atoms with Crippen LogP contribution in [0.15, 0.2) is 41.4 Å². The van der Waals surface area contributed by atoms with Crippen LogP contribution in [0.5, 0.6) is 0 Å². The average Bonchev–Trinajstić information content (AvgIpc) is 2.99. The summed E-state index contributed by atoms with van der Waals surface area (Å²) in [5.74, 6) is 0. The number of aromatic nitrogens is 2. The fourth-order valence-electron chi connectivity index (χ4n) is 2.95. The SMILES string of the molecule is Cc1nn(C(C)C)cc1S(=O)(=O)N1CCN(c2ccccc2)CC1. The molecule has 1 aromatic carbocycles. The molecule has 7 heteroatoms. The van der Waals surface area contributed by atoms with Crippen molar-refractivity contribution in [2.45, 2.75) is 31.7 Å². The fourth-order valence-corrected chi connectivity index (χ4v) is 4.52. The molecule has 1 aliphatic heterocycles. The number of hydrogen-bond donors (Lipinski definition) is 0. The van der Waals surface area contributed by atoms with Gasteiger partial charge in [-0.15, -0.1) is 0 Å². The molecule has 1 aromatic heterocycles. The second-order valence-electron chi connectivity index (χ2n) is 6.38. The molecule has 6 nitrogen and oxygen atoms in total. The van der Waals surface area contributed by atoms with Gasteiger partial charge in [-0.25, -0.2) is 8.42 Å². The zero-order valence-electron chi connectivity index (χ0n) is 14.4. The molecule has 1 aliphatic rings. The van der Waals surface area contributed by atoms with Crippen molar-refractivity contribution in [1.82, 2.24) is 14.1 Å². The van der Waals surface area contributed by atoms with Gasteiger partial charge >= 0.3 is 0 Å². The third kappa shape index (κ3) is 3.18. The van der Waals surface area contributed by atoms with Crippen molar-refractivity contribution in [3.05, 3.63) is 42.2 Å². The van der Waals surface area contributed by atoms with Gasteiger partial charge < -0.3 is 4.90 Å². The van der Waals surface area contributed by atoms with E-state index in [0.29, 0.717) is 36.8 Å². The molecule has 24 heavy (non-hydrogen) atoms. The van der Waals surface area contributed by atoms with Crippen molar-refractivity contribution < 1.29 is 8.42 Å². The van der Waals surface area contributed by atoms with E-state index in [0.717, 1.165) is 5.69 Å². The van der Waals surface area contributed by atoms with E-state index in [2.05, 4.69) is 22.1 Å². The number of anilines is 1. The summed E-state index contributed by atoms with van der Waals surface area (Å²) in [6.07, 6.45) is 1.65. The number of hydrogen-bond acceptors (Lipinski definition) is 4. The minimum absolute atomic E-state index is 0.141. The van der Waals surface area contributed by atoms with Gasteiger partial charge in [0.05, 0.1) is 5.69 Å². The van der Waals surface area contributed by atoms with Gasteiger partial charge in [0.1, 0.15) is 4.90 Å². The standard InChI is InChI=1S/C17H24N4O2S/c1-14(2)21-13-17(15(3)18-21)24(22,23)20-11-9-19(10-12-20)16-7-5-4-6-8-16/h4-8,13-14H,9-12H2,1-3H3. The summed E-state index contributed by atoms with van der Waals surface area (Å²) in [7, 11) is -3.49. The first-order valence-corrected chi connectivity index (χ1v) is 9.69. The summed E-state index contributed by atoms with van der Waals surface area (Å²) in [4.78, 5) is 2.54. The molecule has 1 fully saturated rings. The first-order valence-electron chi connectivity index (χ1n) is 8.25. The van der Waals surface area contributed by atoms with Gasteiger partial charge in [-0.05, 0) is 32.9 Å². The zero-order chi connectivity index (χ0) is 17.3. The van der Waals surface area contributed by atoms with Crippen LogP contribution >= 0.6 is 0 Å². The maximum absolute atomic E-state index is 12.9. The van der Waals surface area contributed by atoms with Gasteiger partial charge in [-0.3, -0.25) is 4.68 Å². The maximum Gasteiger partial charge on any atom is 0.246 e. The monoisotopic (exact) mass is 348 g/mol. The van der Waals surface area contributed by atoms with Crippen molar-refractivity contribution in [3.63, 3.8) is 0 Å². The van der Waals surface area contributed by atoms with E-state index in [-0.39, 0.29) is 6.04 Å². The lowest BCUT2D eigenvalue weighted by Crippen LogP contribution is -2.48. The Morgan fingerprint density at radius 3 is 2.21 bits per heavy atom. The van der Waals surface area contributed by atoms with Crippen LogP contribution in [0, 0.1) is 6.92 Å². The Labute approximate surface area is 143 Å². The molecule has 0 N–H and O–H groups in total. The molecular formula is C17H24N4O2S. The van der Waals surface area contributed by atoms with Crippen LogP contribution in [0.1, 0.15) is 25.6 Å². The molecule has 0 aliphatic carbocycles. The van der Waals surface area contributed by atoms with E-state index in [1.54, 1.807) is 22.1 Å². The van der Waals surface area contributed by atoms with Crippen molar-refractivity contribution in [2.24, 2.45) is 0 Å². The highest BCUT2D eigenvalue weighted by Gasteiger charge is 2.31. The second kappa shape index (κ2) is 6.57. The summed E-state index contributed by atoms with van der Waals surface area (Å²) in [5.41, 5.74) is 1.70. The Morgan fingerprint density at radius 2 is 1.67 bits per heavy atom. The first-order chi connectivity index (χ1) is 11.4. The van der Waals surface area contributed by atoms with Gasteiger partial charge in [0.25, 0.3) is 0 Å². The average molecular weight is 348 g/mol. The lowest BCUT2D eigenvalue weighted by Gasteiger charge is -2.35. The molecule has 0 atom stereocenters. The van der Waals surface area contributed by atoms with E-state index in [4.69, 9.17) is 0 Å². The smallest absolute Gasteiger partial charge is 0.246 e. The number of aryl methyl sites for hydroxylation is 1. The normalized spacial score (nSPS) is 16.8. The van der Waals surface area contributed by atoms with Crippen molar-refractivity contribution in [2.75, 3.05) is 31.1 Å². The van der Waals surface area contributed by atoms with Crippen LogP contribution in [-0.4, -0.2) is 48.7 Å². The predicted octanol–water partition coefficient (Wildman–Crippen LogP) is 2.28. The molecule has 130 valence electrons. The van der Waals surface area contributed by atoms with Crippen LogP contribution in [0.2, 0.25) is 0 Å². The van der Waals surface area contributed by atoms with Crippen LogP contribution in [0.4, 0.5) is 5.69 Å². The third-order valence-corrected chi connectivity index (χ3v) is 6.38. The number of piperazine rings is 1. The summed E-state index contributed by atoms with van der Waals surface area (Å²) >= 11 is 0. The Balaban J connectivity index is 1.76. The topological polar surface area (TPSA) is 58.4 Å². The Kier molecular flexibility index (Phi) is 4.64. The lowest BCUT2D eigenvalue weighted by atomic mass is 10.2. The van der Waals surface area contributed by atoms with Crippen LogP contribution in [-0.2, 0) is 10.0 Å². The van der Waals surface area contributed by atoms with Crippen LogP contribution < -0.4 is 4.90 Å². The van der Waals surface area contributed by atoms with Gasteiger partial charge in [-0.1, -0.05) is 18.2 Å². The number of sulfonamides is 1. The highest BCUT2D eigenvalue weighted by atomic mass is 32.2. The minimum Gasteiger partial charge on any atom is -0.369 e. The van der Waals surface area contributed by atoms with E-state index >= 15 is 0 Å². The molecule has 0 saturated carbocycles. The minimum atomic E-state index is -3.49. The molecule has 2 aromatic rings. The molecule has 0 unspecified atom stereocenters. The molecule has 3 rings (SSSR count). The zero-order valence-corrected chi connectivity index (χ0v) is 15.2. The molecule has 0 radical (unpaired) electrons. The van der Waals surface area contributed by atoms with Crippen molar-refractivity contribution in [1.29, 1.82) is 0 Å². The van der Waals surface area contributed by atoms with E-state index in [1.807, 2.05) is 32.0 Å². The molecule has 0 amide bonds. The second-order valence-corrected chi connectivity index (χ2v) is 8.29. The summed E-state index contributed by atoms with van der Waals surface area (Å²) < 4.78 is 29.2. The molecular weight excluding hydrogens is 324 g/mol. The maximum atomic E-state index is 12.9. The Morgan fingerprint density at radius 1 is 1.04 bits per heavy atom. The van der Waals surface area contributed by atoms with Gasteiger partial charge in [0.15, 0.2) is 0 Å². The third-order valence-electron chi connectivity index (χ3n) is 4.38. The number of benzene rings is 1. The fraction of sp³-hybridized carbons (Fsp3) is 0.471. The lowest BCUT2D eigenvalue weighted by molar-refractivity contribution is 0.384. The van der Waals surface area contributed by atoms with Gasteiger partial charge in [0.2, 0.25) is 10.0 Å².